The molecule has 34 heavy (non-hydrogen) atoms. The molecule has 0 saturated heterocycles. The van der Waals surface area contributed by atoms with Crippen molar-refractivity contribution in [3.05, 3.63) is 53.9 Å². The average molecular weight is 486 g/mol. The van der Waals surface area contributed by atoms with Gasteiger partial charge in [0.1, 0.15) is 0 Å². The third kappa shape index (κ3) is 7.48. The summed E-state index contributed by atoms with van der Waals surface area (Å²) in [5.74, 6) is 0.931. The van der Waals surface area contributed by atoms with Crippen molar-refractivity contribution in [1.82, 2.24) is 20.5 Å². The van der Waals surface area contributed by atoms with Crippen molar-refractivity contribution >= 4 is 41.3 Å². The zero-order valence-corrected chi connectivity index (χ0v) is 21.5. The van der Waals surface area contributed by atoms with E-state index in [1.807, 2.05) is 64.1 Å². The highest BCUT2D eigenvalue weighted by molar-refractivity contribution is 7.80. The molecule has 0 spiro atoms. The van der Waals surface area contributed by atoms with Crippen molar-refractivity contribution in [2.24, 2.45) is 0 Å². The van der Waals surface area contributed by atoms with Crippen LogP contribution in [0, 0.1) is 6.92 Å². The molecule has 2 heterocycles. The molecule has 0 fully saturated rings. The number of amides is 2. The van der Waals surface area contributed by atoms with E-state index in [1.165, 1.54) is 7.05 Å². The Labute approximate surface area is 206 Å². The lowest BCUT2D eigenvalue weighted by Crippen LogP contribution is -2.37. The number of benzene rings is 1. The zero-order valence-electron chi connectivity index (χ0n) is 20.6. The molecule has 2 N–H and O–H groups in total. The Morgan fingerprint density at radius 3 is 2.53 bits per heavy atom. The van der Waals surface area contributed by atoms with Crippen LogP contribution in [0.15, 0.2) is 42.6 Å². The minimum absolute atomic E-state index is 0.0135. The second-order valence-electron chi connectivity index (χ2n) is 8.47. The third-order valence-corrected chi connectivity index (χ3v) is 5.21. The number of nitrogens with zero attached hydrogens (tertiary/aromatic N) is 3. The van der Waals surface area contributed by atoms with Crippen LogP contribution in [0.2, 0.25) is 0 Å². The molecule has 0 bridgehead atoms. The predicted molar refractivity (Wildman–Crippen MR) is 140 cm³/mol. The second kappa shape index (κ2) is 13.0. The van der Waals surface area contributed by atoms with E-state index in [0.29, 0.717) is 18.6 Å². The molecule has 2 aromatic heterocycles. The molecule has 0 aliphatic heterocycles. The average Bonchev–Trinajstić information content (AvgIpc) is 3.25. The van der Waals surface area contributed by atoms with Gasteiger partial charge in [-0.05, 0) is 43.4 Å². The molecule has 1 aromatic carbocycles. The molecule has 3 rings (SSSR count). The first-order valence-electron chi connectivity index (χ1n) is 11.4. The van der Waals surface area contributed by atoms with Crippen LogP contribution < -0.4 is 10.2 Å². The lowest BCUT2D eigenvalue weighted by molar-refractivity contribution is -0.119. The molecule has 0 radical (unpaired) electrons. The Balaban J connectivity index is 0.00000129. The molecule has 9 heteroatoms. The van der Waals surface area contributed by atoms with Gasteiger partial charge < -0.3 is 15.0 Å². The minimum Gasteiger partial charge on any atom is -0.449 e. The maximum Gasteiger partial charge on any atom is 0.406 e. The van der Waals surface area contributed by atoms with Crippen LogP contribution in [0.1, 0.15) is 44.9 Å². The number of aryl methyl sites for hydroxylation is 1. The van der Waals surface area contributed by atoms with Gasteiger partial charge in [0.25, 0.3) is 0 Å². The van der Waals surface area contributed by atoms with Gasteiger partial charge in [-0.25, -0.2) is 9.78 Å². The molecule has 8 nitrogen and oxygen atoms in total. The number of ether oxygens (including phenoxy) is 1. The van der Waals surface area contributed by atoms with Crippen LogP contribution in [-0.4, -0.2) is 53.1 Å². The summed E-state index contributed by atoms with van der Waals surface area (Å²) >= 11 is 3.79. The number of fused-ring (bicyclic) bond motifs is 1. The summed E-state index contributed by atoms with van der Waals surface area (Å²) in [6, 6.07) is 11.7. The van der Waals surface area contributed by atoms with Gasteiger partial charge in [0.2, 0.25) is 5.91 Å². The van der Waals surface area contributed by atoms with Gasteiger partial charge in [0, 0.05) is 42.7 Å². The summed E-state index contributed by atoms with van der Waals surface area (Å²) in [5.41, 5.74) is 2.99. The van der Waals surface area contributed by atoms with Crippen molar-refractivity contribution in [3.63, 3.8) is 0 Å². The number of hydrogen-bond donors (Lipinski definition) is 3. The first-order valence-corrected chi connectivity index (χ1v) is 12.0. The molecule has 0 aliphatic rings. The van der Waals surface area contributed by atoms with Gasteiger partial charge in [-0.3, -0.25) is 9.89 Å². The van der Waals surface area contributed by atoms with Gasteiger partial charge in [-0.1, -0.05) is 38.5 Å². The molecule has 0 saturated carbocycles. The summed E-state index contributed by atoms with van der Waals surface area (Å²) in [6.45, 7) is 8.71. The number of H-pyrrole nitrogens is 1. The summed E-state index contributed by atoms with van der Waals surface area (Å²) in [7, 11) is 1.52. The topological polar surface area (TPSA) is 100 Å². The monoisotopic (exact) mass is 485 g/mol. The number of carbonyl (C=O) groups is 2. The number of thiol groups is 1. The molecule has 184 valence electrons. The van der Waals surface area contributed by atoms with Gasteiger partial charge in [-0.2, -0.15) is 17.7 Å². The highest BCUT2D eigenvalue weighted by Gasteiger charge is 2.31. The lowest BCUT2D eigenvalue weighted by Gasteiger charge is -2.29. The SMILES string of the molecule is CCS.CNC(=O)OCCCN(C(=O)CC(C)(C)c1[nH]nc2ncccc12)c1ccc(C)cc1. The number of rotatable bonds is 8. The van der Waals surface area contributed by atoms with Gasteiger partial charge in [-0.15, -0.1) is 0 Å². The fourth-order valence-electron chi connectivity index (χ4n) is 3.51. The maximum atomic E-state index is 13.4. The standard InChI is InChI=1S/C23H29N5O3.C2H6S/c1-16-8-10-17(11-9-16)28(13-6-14-31-22(30)24-4)19(29)15-23(2,3)20-18-7-5-12-25-21(18)27-26-20;1-2-3/h5,7-12H,6,13-15H2,1-4H3,(H,24,30)(H,25,26,27);3H,2H2,1H3. The normalized spacial score (nSPS) is 10.9. The minimum atomic E-state index is -0.478. The van der Waals surface area contributed by atoms with Gasteiger partial charge >= 0.3 is 6.09 Å². The fraction of sp³-hybridized carbons (Fsp3) is 0.440. The van der Waals surface area contributed by atoms with Crippen LogP contribution in [0.4, 0.5) is 10.5 Å². The van der Waals surface area contributed by atoms with Crippen LogP contribution >= 0.6 is 12.6 Å². The Bertz CT molecular complexity index is 1070. The van der Waals surface area contributed by atoms with E-state index in [1.54, 1.807) is 11.1 Å². The highest BCUT2D eigenvalue weighted by Crippen LogP contribution is 2.32. The Morgan fingerprint density at radius 2 is 1.88 bits per heavy atom. The number of anilines is 1. The van der Waals surface area contributed by atoms with Crippen LogP contribution in [0.25, 0.3) is 11.0 Å². The van der Waals surface area contributed by atoms with E-state index in [-0.39, 0.29) is 18.9 Å². The number of aromatic amines is 1. The molecule has 3 aromatic rings. The molecule has 0 atom stereocenters. The van der Waals surface area contributed by atoms with Crippen LogP contribution in [0.3, 0.4) is 0 Å². The molecular weight excluding hydrogens is 450 g/mol. The van der Waals surface area contributed by atoms with E-state index >= 15 is 0 Å². The molecule has 0 aliphatic carbocycles. The first-order chi connectivity index (χ1) is 16.2. The van der Waals surface area contributed by atoms with Crippen LogP contribution in [0.5, 0.6) is 0 Å². The fourth-order valence-corrected chi connectivity index (χ4v) is 3.51. The van der Waals surface area contributed by atoms with Crippen molar-refractivity contribution in [1.29, 1.82) is 0 Å². The summed E-state index contributed by atoms with van der Waals surface area (Å²) in [4.78, 5) is 30.7. The molecule has 0 unspecified atom stereocenters. The molecular formula is C25H35N5O3S. The summed E-state index contributed by atoms with van der Waals surface area (Å²) in [6.07, 6.45) is 2.04. The number of pyridine rings is 1. The lowest BCUT2D eigenvalue weighted by atomic mass is 9.83. The van der Waals surface area contributed by atoms with Crippen molar-refractivity contribution in [3.8, 4) is 0 Å². The Hall–Kier alpha value is -3.07. The van der Waals surface area contributed by atoms with E-state index in [4.69, 9.17) is 4.74 Å². The number of aromatic nitrogens is 3. The summed E-state index contributed by atoms with van der Waals surface area (Å²) < 4.78 is 5.08. The van der Waals surface area contributed by atoms with E-state index in [9.17, 15) is 9.59 Å². The maximum absolute atomic E-state index is 13.4. The van der Waals surface area contributed by atoms with E-state index in [0.717, 1.165) is 28.1 Å². The summed E-state index contributed by atoms with van der Waals surface area (Å²) in [5, 5.41) is 10.7. The van der Waals surface area contributed by atoms with Crippen molar-refractivity contribution < 1.29 is 14.3 Å². The molecule has 2 amide bonds. The predicted octanol–water partition coefficient (Wildman–Crippen LogP) is 4.65. The number of hydrogen-bond acceptors (Lipinski definition) is 6. The number of nitrogens with one attached hydrogen (secondary N) is 2. The number of alkyl carbamates (subject to hydrolysis) is 1. The first kappa shape index (κ1) is 27.2. The van der Waals surface area contributed by atoms with E-state index in [2.05, 4.69) is 33.1 Å². The van der Waals surface area contributed by atoms with E-state index < -0.39 is 11.5 Å². The van der Waals surface area contributed by atoms with Crippen molar-refractivity contribution in [2.75, 3.05) is 30.9 Å². The smallest absolute Gasteiger partial charge is 0.406 e. The highest BCUT2D eigenvalue weighted by atomic mass is 32.1. The zero-order chi connectivity index (χ0) is 25.1. The van der Waals surface area contributed by atoms with Gasteiger partial charge in [0.05, 0.1) is 12.3 Å². The quantitative estimate of drug-likeness (QED) is 0.319. The second-order valence-corrected chi connectivity index (χ2v) is 9.10. The van der Waals surface area contributed by atoms with Crippen molar-refractivity contribution in [2.45, 2.75) is 46.0 Å². The van der Waals surface area contributed by atoms with Crippen LogP contribution in [-0.2, 0) is 14.9 Å². The largest absolute Gasteiger partial charge is 0.449 e. The Morgan fingerprint density at radius 1 is 1.21 bits per heavy atom. The number of carbonyl (C=O) groups excluding carboxylic acids is 2. The van der Waals surface area contributed by atoms with Gasteiger partial charge in [0.15, 0.2) is 5.65 Å². The third-order valence-electron chi connectivity index (χ3n) is 5.21. The Kier molecular flexibility index (Phi) is 10.4.